The van der Waals surface area contributed by atoms with E-state index in [1.165, 1.54) is 5.56 Å². The van der Waals surface area contributed by atoms with E-state index in [9.17, 15) is 4.79 Å². The number of thiophene rings is 1. The number of nitrogens with zero attached hydrogens (tertiary/aromatic N) is 1. The monoisotopic (exact) mass is 446 g/mol. The SMILES string of the molecule is COc1ccc(/C=C2\C(=O)Nc3ccc(CCN4CCOCC4)cc32)cc1-c1ccsc1. The fourth-order valence-corrected chi connectivity index (χ4v) is 4.93. The molecule has 3 heterocycles. The molecule has 1 amide bonds. The molecule has 2 aromatic carbocycles. The molecule has 0 saturated carbocycles. The zero-order valence-corrected chi connectivity index (χ0v) is 18.9. The van der Waals surface area contributed by atoms with Gasteiger partial charge in [0.05, 0.1) is 20.3 Å². The lowest BCUT2D eigenvalue weighted by molar-refractivity contribution is -0.110. The fourth-order valence-electron chi connectivity index (χ4n) is 4.27. The summed E-state index contributed by atoms with van der Waals surface area (Å²) >= 11 is 1.65. The number of amides is 1. The highest BCUT2D eigenvalue weighted by Gasteiger charge is 2.24. The number of fused-ring (bicyclic) bond motifs is 1. The summed E-state index contributed by atoms with van der Waals surface area (Å²) in [5, 5.41) is 7.17. The first-order valence-corrected chi connectivity index (χ1v) is 11.8. The first kappa shape index (κ1) is 20.9. The molecule has 164 valence electrons. The van der Waals surface area contributed by atoms with Crippen LogP contribution >= 0.6 is 11.3 Å². The Morgan fingerprint density at radius 3 is 2.78 bits per heavy atom. The zero-order chi connectivity index (χ0) is 21.9. The Kier molecular flexibility index (Phi) is 6.08. The van der Waals surface area contributed by atoms with Gasteiger partial charge >= 0.3 is 0 Å². The second-order valence-electron chi connectivity index (χ2n) is 8.07. The Hall–Kier alpha value is -2.93. The lowest BCUT2D eigenvalue weighted by Gasteiger charge is -2.26. The minimum atomic E-state index is -0.0572. The van der Waals surface area contributed by atoms with Gasteiger partial charge in [-0.15, -0.1) is 0 Å². The molecule has 5 rings (SSSR count). The van der Waals surface area contributed by atoms with E-state index in [2.05, 4.69) is 45.2 Å². The second kappa shape index (κ2) is 9.28. The molecule has 3 aromatic rings. The first-order valence-electron chi connectivity index (χ1n) is 10.9. The van der Waals surface area contributed by atoms with Crippen LogP contribution in [0.2, 0.25) is 0 Å². The number of anilines is 1. The van der Waals surface area contributed by atoms with Crippen molar-refractivity contribution in [2.75, 3.05) is 45.3 Å². The third-order valence-electron chi connectivity index (χ3n) is 6.05. The van der Waals surface area contributed by atoms with Gasteiger partial charge in [-0.05, 0) is 70.3 Å². The molecule has 0 spiro atoms. The molecule has 1 saturated heterocycles. The Balaban J connectivity index is 1.42. The van der Waals surface area contributed by atoms with Crippen LogP contribution in [-0.2, 0) is 16.0 Å². The predicted molar refractivity (Wildman–Crippen MR) is 130 cm³/mol. The van der Waals surface area contributed by atoms with Crippen LogP contribution in [0.1, 0.15) is 16.7 Å². The number of hydrogen-bond acceptors (Lipinski definition) is 5. The van der Waals surface area contributed by atoms with E-state index in [4.69, 9.17) is 9.47 Å². The molecule has 6 heteroatoms. The zero-order valence-electron chi connectivity index (χ0n) is 18.1. The molecule has 0 bridgehead atoms. The van der Waals surface area contributed by atoms with Gasteiger partial charge in [-0.3, -0.25) is 9.69 Å². The molecule has 1 aromatic heterocycles. The summed E-state index contributed by atoms with van der Waals surface area (Å²) in [6.07, 6.45) is 2.93. The van der Waals surface area contributed by atoms with Crippen molar-refractivity contribution < 1.29 is 14.3 Å². The van der Waals surface area contributed by atoms with Crippen molar-refractivity contribution in [2.45, 2.75) is 6.42 Å². The Morgan fingerprint density at radius 1 is 1.12 bits per heavy atom. The van der Waals surface area contributed by atoms with Gasteiger partial charge in [0, 0.05) is 42.0 Å². The fraction of sp³-hybridized carbons (Fsp3) is 0.269. The number of ether oxygens (including phenoxy) is 2. The molecule has 32 heavy (non-hydrogen) atoms. The molecule has 0 radical (unpaired) electrons. The van der Waals surface area contributed by atoms with Gasteiger partial charge < -0.3 is 14.8 Å². The number of hydrogen-bond donors (Lipinski definition) is 1. The van der Waals surface area contributed by atoms with Crippen molar-refractivity contribution >= 4 is 34.6 Å². The van der Waals surface area contributed by atoms with E-state index < -0.39 is 0 Å². The highest BCUT2D eigenvalue weighted by atomic mass is 32.1. The third-order valence-corrected chi connectivity index (χ3v) is 6.74. The van der Waals surface area contributed by atoms with Crippen molar-refractivity contribution in [1.29, 1.82) is 0 Å². The smallest absolute Gasteiger partial charge is 0.256 e. The standard InChI is InChI=1S/C26H26N2O3S/c1-30-25-5-3-19(15-21(25)20-7-13-32-17-20)16-23-22-14-18(2-4-24(22)27-26(23)29)6-8-28-9-11-31-12-10-28/h2-5,7,13-17H,6,8-12H2,1H3,(H,27,29)/b23-16-. The lowest BCUT2D eigenvalue weighted by atomic mass is 9.98. The van der Waals surface area contributed by atoms with Crippen LogP contribution in [0, 0.1) is 0 Å². The van der Waals surface area contributed by atoms with Crippen molar-refractivity contribution in [2.24, 2.45) is 0 Å². The van der Waals surface area contributed by atoms with E-state index in [1.807, 2.05) is 24.3 Å². The molecular weight excluding hydrogens is 420 g/mol. The van der Waals surface area contributed by atoms with E-state index >= 15 is 0 Å². The highest BCUT2D eigenvalue weighted by Crippen LogP contribution is 2.36. The topological polar surface area (TPSA) is 50.8 Å². The Morgan fingerprint density at radius 2 is 2.00 bits per heavy atom. The predicted octanol–water partition coefficient (Wildman–Crippen LogP) is 4.79. The third kappa shape index (κ3) is 4.35. The molecule has 2 aliphatic rings. The van der Waals surface area contributed by atoms with Crippen LogP contribution < -0.4 is 10.1 Å². The average molecular weight is 447 g/mol. The average Bonchev–Trinajstić information content (AvgIpc) is 3.47. The maximum absolute atomic E-state index is 12.8. The molecule has 0 atom stereocenters. The molecular formula is C26H26N2O3S. The molecule has 2 aliphatic heterocycles. The number of nitrogens with one attached hydrogen (secondary N) is 1. The number of morpholine rings is 1. The van der Waals surface area contributed by atoms with Gasteiger partial charge in [0.1, 0.15) is 5.75 Å². The maximum atomic E-state index is 12.8. The van der Waals surface area contributed by atoms with Crippen LogP contribution in [0.15, 0.2) is 53.2 Å². The lowest BCUT2D eigenvalue weighted by Crippen LogP contribution is -2.37. The minimum absolute atomic E-state index is 0.0572. The summed E-state index contributed by atoms with van der Waals surface area (Å²) in [7, 11) is 1.68. The number of carbonyl (C=O) groups excluding carboxylic acids is 1. The largest absolute Gasteiger partial charge is 0.496 e. The van der Waals surface area contributed by atoms with Gasteiger partial charge in [-0.2, -0.15) is 11.3 Å². The number of rotatable bonds is 6. The normalized spacial score (nSPS) is 17.4. The summed E-state index contributed by atoms with van der Waals surface area (Å²) in [4.78, 5) is 15.2. The van der Waals surface area contributed by atoms with Crippen LogP contribution in [0.5, 0.6) is 5.75 Å². The number of methoxy groups -OCH3 is 1. The molecule has 1 N–H and O–H groups in total. The minimum Gasteiger partial charge on any atom is -0.496 e. The van der Waals surface area contributed by atoms with Crippen LogP contribution in [0.4, 0.5) is 5.69 Å². The highest BCUT2D eigenvalue weighted by molar-refractivity contribution is 7.08. The van der Waals surface area contributed by atoms with Crippen molar-refractivity contribution in [1.82, 2.24) is 4.90 Å². The van der Waals surface area contributed by atoms with Crippen molar-refractivity contribution in [3.63, 3.8) is 0 Å². The summed E-state index contributed by atoms with van der Waals surface area (Å²) in [5.41, 5.74) is 6.92. The number of benzene rings is 2. The van der Waals surface area contributed by atoms with Gasteiger partial charge in [-0.1, -0.05) is 12.1 Å². The van der Waals surface area contributed by atoms with Gasteiger partial charge in [-0.25, -0.2) is 0 Å². The van der Waals surface area contributed by atoms with E-state index in [-0.39, 0.29) is 5.91 Å². The first-order chi connectivity index (χ1) is 15.7. The van der Waals surface area contributed by atoms with Crippen LogP contribution in [0.3, 0.4) is 0 Å². The van der Waals surface area contributed by atoms with E-state index in [0.717, 1.165) is 73.0 Å². The Labute approximate surface area is 192 Å². The second-order valence-corrected chi connectivity index (χ2v) is 8.85. The van der Waals surface area contributed by atoms with Crippen molar-refractivity contribution in [3.05, 3.63) is 69.9 Å². The molecule has 1 fully saturated rings. The van der Waals surface area contributed by atoms with E-state index in [0.29, 0.717) is 5.57 Å². The quantitative estimate of drug-likeness (QED) is 0.553. The molecule has 0 aliphatic carbocycles. The summed E-state index contributed by atoms with van der Waals surface area (Å²) in [5.74, 6) is 0.769. The van der Waals surface area contributed by atoms with Gasteiger partial charge in [0.2, 0.25) is 0 Å². The van der Waals surface area contributed by atoms with Crippen molar-refractivity contribution in [3.8, 4) is 16.9 Å². The number of carbonyl (C=O) groups is 1. The van der Waals surface area contributed by atoms with Gasteiger partial charge in [0.25, 0.3) is 5.91 Å². The summed E-state index contributed by atoms with van der Waals surface area (Å²) in [6.45, 7) is 4.60. The van der Waals surface area contributed by atoms with Crippen LogP contribution in [-0.4, -0.2) is 50.8 Å². The molecule has 0 unspecified atom stereocenters. The van der Waals surface area contributed by atoms with Crippen LogP contribution in [0.25, 0.3) is 22.8 Å². The summed E-state index contributed by atoms with van der Waals surface area (Å²) in [6, 6.07) is 14.4. The summed E-state index contributed by atoms with van der Waals surface area (Å²) < 4.78 is 11.0. The van der Waals surface area contributed by atoms with E-state index in [1.54, 1.807) is 18.4 Å². The Bertz CT molecular complexity index is 1150. The van der Waals surface area contributed by atoms with Gasteiger partial charge in [0.15, 0.2) is 0 Å². The maximum Gasteiger partial charge on any atom is 0.256 e. The molecule has 5 nitrogen and oxygen atoms in total.